The lowest BCUT2D eigenvalue weighted by Gasteiger charge is -2.24. The fourth-order valence-corrected chi connectivity index (χ4v) is 3.00. The van der Waals surface area contributed by atoms with Gasteiger partial charge in [-0.2, -0.15) is 11.8 Å². The predicted molar refractivity (Wildman–Crippen MR) is 89.8 cm³/mol. The number of thioether (sulfide) groups is 1. The summed E-state index contributed by atoms with van der Waals surface area (Å²) in [7, 11) is 0. The molecule has 112 valence electrons. The molecule has 1 unspecified atom stereocenters. The number of aryl methyl sites for hydroxylation is 1. The highest BCUT2D eigenvalue weighted by Gasteiger charge is 2.15. The minimum absolute atomic E-state index is 0.775. The van der Waals surface area contributed by atoms with Gasteiger partial charge in [0.15, 0.2) is 0 Å². The lowest BCUT2D eigenvalue weighted by Crippen LogP contribution is -2.32. The van der Waals surface area contributed by atoms with Crippen molar-refractivity contribution < 1.29 is 0 Å². The number of hydrogen-bond donors (Lipinski definition) is 0. The molecule has 0 aromatic carbocycles. The first-order valence-electron chi connectivity index (χ1n) is 7.62. The van der Waals surface area contributed by atoms with Crippen LogP contribution >= 0.6 is 11.8 Å². The van der Waals surface area contributed by atoms with Crippen molar-refractivity contribution in [3.8, 4) is 0 Å². The van der Waals surface area contributed by atoms with Crippen molar-refractivity contribution in [3.63, 3.8) is 0 Å². The molecule has 1 fully saturated rings. The normalized spacial score (nSPS) is 18.9. The summed E-state index contributed by atoms with van der Waals surface area (Å²) in [6.07, 6.45) is 6.69. The van der Waals surface area contributed by atoms with E-state index in [9.17, 15) is 0 Å². The number of nitrogens with zero attached hydrogens (tertiary/aromatic N) is 3. The summed E-state index contributed by atoms with van der Waals surface area (Å²) in [5, 5.41) is 0.775. The predicted octanol–water partition coefficient (Wildman–Crippen LogP) is 3.04. The fraction of sp³-hybridized carbons (Fsp3) is 0.688. The van der Waals surface area contributed by atoms with E-state index in [0.717, 1.165) is 24.0 Å². The second kappa shape index (κ2) is 7.89. The summed E-state index contributed by atoms with van der Waals surface area (Å²) in [5.41, 5.74) is 2.44. The molecule has 1 aromatic heterocycles. The third-order valence-corrected chi connectivity index (χ3v) is 5.13. The number of rotatable bonds is 5. The highest BCUT2D eigenvalue weighted by molar-refractivity contribution is 7.99. The molecule has 0 bridgehead atoms. The van der Waals surface area contributed by atoms with Crippen molar-refractivity contribution in [3.05, 3.63) is 24.0 Å². The van der Waals surface area contributed by atoms with Crippen LogP contribution in [0, 0.1) is 6.92 Å². The zero-order valence-corrected chi connectivity index (χ0v) is 13.8. The van der Waals surface area contributed by atoms with Gasteiger partial charge in [-0.05, 0) is 51.2 Å². The summed E-state index contributed by atoms with van der Waals surface area (Å²) < 4.78 is 0. The Hall–Kier alpha value is -0.740. The molecule has 0 aliphatic carbocycles. The molecule has 20 heavy (non-hydrogen) atoms. The van der Waals surface area contributed by atoms with Gasteiger partial charge in [-0.1, -0.05) is 6.92 Å². The number of pyridine rings is 1. The van der Waals surface area contributed by atoms with Crippen molar-refractivity contribution in [1.82, 2.24) is 9.88 Å². The van der Waals surface area contributed by atoms with Crippen molar-refractivity contribution in [2.75, 3.05) is 43.9 Å². The van der Waals surface area contributed by atoms with Gasteiger partial charge in [0.2, 0.25) is 0 Å². The largest absolute Gasteiger partial charge is 0.370 e. The Balaban J connectivity index is 1.86. The molecule has 0 radical (unpaired) electrons. The maximum Gasteiger partial charge on any atom is 0.0400 e. The molecule has 1 aliphatic rings. The van der Waals surface area contributed by atoms with Crippen LogP contribution in [0.1, 0.15) is 25.5 Å². The van der Waals surface area contributed by atoms with Gasteiger partial charge in [-0.15, -0.1) is 0 Å². The van der Waals surface area contributed by atoms with Crippen LogP contribution in [0.5, 0.6) is 0 Å². The summed E-state index contributed by atoms with van der Waals surface area (Å²) in [6.45, 7) is 10.4. The van der Waals surface area contributed by atoms with Crippen molar-refractivity contribution in [2.24, 2.45) is 0 Å². The minimum Gasteiger partial charge on any atom is -0.370 e. The Morgan fingerprint density at radius 2 is 2.15 bits per heavy atom. The van der Waals surface area contributed by atoms with Crippen LogP contribution in [0.2, 0.25) is 0 Å². The Morgan fingerprint density at radius 3 is 2.90 bits per heavy atom. The summed E-state index contributed by atoms with van der Waals surface area (Å²) >= 11 is 1.97. The average Bonchev–Trinajstić information content (AvgIpc) is 2.70. The Morgan fingerprint density at radius 1 is 1.30 bits per heavy atom. The van der Waals surface area contributed by atoms with Gasteiger partial charge in [-0.3, -0.25) is 4.98 Å². The van der Waals surface area contributed by atoms with Gasteiger partial charge in [0.05, 0.1) is 0 Å². The second-order valence-corrected chi connectivity index (χ2v) is 6.95. The molecular formula is C16H27N3S. The molecule has 1 atom stereocenters. The van der Waals surface area contributed by atoms with E-state index in [1.807, 2.05) is 18.0 Å². The van der Waals surface area contributed by atoms with E-state index in [1.54, 1.807) is 0 Å². The zero-order chi connectivity index (χ0) is 14.4. The Kier molecular flexibility index (Phi) is 6.17. The van der Waals surface area contributed by atoms with Crippen molar-refractivity contribution in [1.29, 1.82) is 0 Å². The number of anilines is 1. The van der Waals surface area contributed by atoms with E-state index in [1.165, 1.54) is 38.2 Å². The maximum atomic E-state index is 4.29. The van der Waals surface area contributed by atoms with Gasteiger partial charge in [0.1, 0.15) is 0 Å². The number of aromatic nitrogens is 1. The molecule has 1 aromatic rings. The van der Waals surface area contributed by atoms with E-state index in [0.29, 0.717) is 0 Å². The van der Waals surface area contributed by atoms with Gasteiger partial charge >= 0.3 is 0 Å². The van der Waals surface area contributed by atoms with E-state index in [2.05, 4.69) is 47.0 Å². The molecule has 1 saturated heterocycles. The van der Waals surface area contributed by atoms with E-state index in [-0.39, 0.29) is 0 Å². The molecular weight excluding hydrogens is 266 g/mol. The monoisotopic (exact) mass is 293 g/mol. The van der Waals surface area contributed by atoms with Gasteiger partial charge in [0.25, 0.3) is 0 Å². The highest BCUT2D eigenvalue weighted by Crippen LogP contribution is 2.17. The highest BCUT2D eigenvalue weighted by atomic mass is 32.2. The fourth-order valence-electron chi connectivity index (χ4n) is 2.66. The van der Waals surface area contributed by atoms with Crippen LogP contribution < -0.4 is 4.90 Å². The van der Waals surface area contributed by atoms with E-state index in [4.69, 9.17) is 0 Å². The van der Waals surface area contributed by atoms with Crippen LogP contribution in [0.3, 0.4) is 0 Å². The van der Waals surface area contributed by atoms with Crippen LogP contribution in [0.4, 0.5) is 5.69 Å². The quantitative estimate of drug-likeness (QED) is 0.831. The second-order valence-electron chi connectivity index (χ2n) is 5.67. The van der Waals surface area contributed by atoms with Gasteiger partial charge in [0, 0.05) is 42.5 Å². The van der Waals surface area contributed by atoms with E-state index >= 15 is 0 Å². The SMILES string of the molecule is CSC(C)CCN1CCCN(c2ccnc(C)c2)CC1. The van der Waals surface area contributed by atoms with Gasteiger partial charge < -0.3 is 9.80 Å². The van der Waals surface area contributed by atoms with E-state index < -0.39 is 0 Å². The minimum atomic E-state index is 0.775. The molecule has 3 nitrogen and oxygen atoms in total. The standard InChI is InChI=1S/C16H27N3S/c1-14-13-16(5-7-17-14)19-9-4-8-18(11-12-19)10-6-15(2)20-3/h5,7,13,15H,4,6,8-12H2,1-3H3. The first-order valence-corrected chi connectivity index (χ1v) is 8.90. The first-order chi connectivity index (χ1) is 9.69. The summed E-state index contributed by atoms with van der Waals surface area (Å²) in [6, 6.07) is 4.34. The van der Waals surface area contributed by atoms with Crippen LogP contribution in [0.15, 0.2) is 18.3 Å². The molecule has 0 spiro atoms. The average molecular weight is 293 g/mol. The molecule has 4 heteroatoms. The molecule has 2 rings (SSSR count). The zero-order valence-electron chi connectivity index (χ0n) is 13.0. The first kappa shape index (κ1) is 15.6. The number of hydrogen-bond acceptors (Lipinski definition) is 4. The Labute approximate surface area is 127 Å². The smallest absolute Gasteiger partial charge is 0.0400 e. The lowest BCUT2D eigenvalue weighted by molar-refractivity contribution is 0.290. The Bertz CT molecular complexity index is 410. The third kappa shape index (κ3) is 4.67. The van der Waals surface area contributed by atoms with Crippen LogP contribution in [-0.2, 0) is 0 Å². The maximum absolute atomic E-state index is 4.29. The van der Waals surface area contributed by atoms with Gasteiger partial charge in [-0.25, -0.2) is 0 Å². The summed E-state index contributed by atoms with van der Waals surface area (Å²) in [5.74, 6) is 0. The topological polar surface area (TPSA) is 19.4 Å². The molecule has 0 N–H and O–H groups in total. The third-order valence-electron chi connectivity index (χ3n) is 4.09. The molecule has 2 heterocycles. The lowest BCUT2D eigenvalue weighted by atomic mass is 10.3. The van der Waals surface area contributed by atoms with Crippen LogP contribution in [0.25, 0.3) is 0 Å². The van der Waals surface area contributed by atoms with Crippen molar-refractivity contribution >= 4 is 17.4 Å². The molecule has 0 saturated carbocycles. The molecule has 1 aliphatic heterocycles. The summed E-state index contributed by atoms with van der Waals surface area (Å²) in [4.78, 5) is 9.42. The molecule has 0 amide bonds. The van der Waals surface area contributed by atoms with Crippen LogP contribution in [-0.4, -0.2) is 54.1 Å². The van der Waals surface area contributed by atoms with Crippen molar-refractivity contribution in [2.45, 2.75) is 31.9 Å².